The minimum absolute atomic E-state index is 0.189. The van der Waals surface area contributed by atoms with E-state index in [0.717, 1.165) is 5.56 Å². The Labute approximate surface area is 174 Å². The van der Waals surface area contributed by atoms with E-state index in [1.165, 1.54) is 22.5 Å². The third-order valence-corrected chi connectivity index (χ3v) is 6.52. The first kappa shape index (κ1) is 20.2. The van der Waals surface area contributed by atoms with Crippen LogP contribution in [0, 0.1) is 13.8 Å². The molecule has 30 heavy (non-hydrogen) atoms. The Morgan fingerprint density at radius 2 is 1.67 bits per heavy atom. The SMILES string of the molecule is Cc1cccc(Oc2ccc(S(=O)(=O)N3CC(Oc4cc(C)oc(=O)c4)C3)cc2)c1. The molecule has 1 aliphatic heterocycles. The van der Waals surface area contributed by atoms with E-state index in [9.17, 15) is 13.2 Å². The number of ether oxygens (including phenoxy) is 2. The minimum atomic E-state index is -3.62. The van der Waals surface area contributed by atoms with Crippen molar-refractivity contribution in [1.82, 2.24) is 4.31 Å². The van der Waals surface area contributed by atoms with Crippen LogP contribution in [0.15, 0.2) is 74.8 Å². The van der Waals surface area contributed by atoms with Crippen molar-refractivity contribution in [2.45, 2.75) is 24.8 Å². The van der Waals surface area contributed by atoms with Crippen molar-refractivity contribution in [2.75, 3.05) is 13.1 Å². The van der Waals surface area contributed by atoms with E-state index in [-0.39, 0.29) is 24.1 Å². The molecule has 0 aliphatic carbocycles. The molecule has 2 heterocycles. The van der Waals surface area contributed by atoms with Crippen LogP contribution in [0.1, 0.15) is 11.3 Å². The van der Waals surface area contributed by atoms with E-state index in [2.05, 4.69) is 0 Å². The van der Waals surface area contributed by atoms with Gasteiger partial charge in [0, 0.05) is 6.07 Å². The topological polar surface area (TPSA) is 86.1 Å². The lowest BCUT2D eigenvalue weighted by Gasteiger charge is -2.37. The summed E-state index contributed by atoms with van der Waals surface area (Å²) in [4.78, 5) is 11.6. The molecule has 1 aromatic heterocycles. The first-order chi connectivity index (χ1) is 14.3. The monoisotopic (exact) mass is 427 g/mol. The predicted octanol–water partition coefficient (Wildman–Crippen LogP) is 3.50. The zero-order valence-corrected chi connectivity index (χ0v) is 17.4. The van der Waals surface area contributed by atoms with Gasteiger partial charge in [-0.1, -0.05) is 12.1 Å². The van der Waals surface area contributed by atoms with Gasteiger partial charge in [-0.2, -0.15) is 4.31 Å². The first-order valence-corrected chi connectivity index (χ1v) is 10.9. The fourth-order valence-corrected chi connectivity index (χ4v) is 4.65. The molecule has 3 aromatic rings. The van der Waals surface area contributed by atoms with E-state index in [0.29, 0.717) is 23.0 Å². The van der Waals surface area contributed by atoms with Crippen molar-refractivity contribution in [2.24, 2.45) is 0 Å². The van der Waals surface area contributed by atoms with Gasteiger partial charge in [0.2, 0.25) is 10.0 Å². The van der Waals surface area contributed by atoms with E-state index >= 15 is 0 Å². The second kappa shape index (κ2) is 7.97. The molecule has 1 aliphatic rings. The van der Waals surface area contributed by atoms with Crippen LogP contribution in [0.3, 0.4) is 0 Å². The number of hydrogen-bond acceptors (Lipinski definition) is 6. The minimum Gasteiger partial charge on any atom is -0.487 e. The zero-order chi connectivity index (χ0) is 21.3. The van der Waals surface area contributed by atoms with Crippen molar-refractivity contribution in [1.29, 1.82) is 0 Å². The largest absolute Gasteiger partial charge is 0.487 e. The number of nitrogens with zero attached hydrogens (tertiary/aromatic N) is 1. The molecular formula is C22H21NO6S. The van der Waals surface area contributed by atoms with Crippen molar-refractivity contribution in [3.63, 3.8) is 0 Å². The van der Waals surface area contributed by atoms with Crippen LogP contribution in [0.5, 0.6) is 17.2 Å². The van der Waals surface area contributed by atoms with E-state index < -0.39 is 15.6 Å². The second-order valence-corrected chi connectivity index (χ2v) is 9.11. The lowest BCUT2D eigenvalue weighted by atomic mass is 10.2. The molecule has 1 saturated heterocycles. The average molecular weight is 427 g/mol. The zero-order valence-electron chi connectivity index (χ0n) is 16.6. The van der Waals surface area contributed by atoms with Crippen LogP contribution in [-0.2, 0) is 10.0 Å². The van der Waals surface area contributed by atoms with Crippen LogP contribution in [-0.4, -0.2) is 31.9 Å². The van der Waals surface area contributed by atoms with Gasteiger partial charge < -0.3 is 13.9 Å². The Kier molecular flexibility index (Phi) is 5.36. The number of rotatable bonds is 6. The molecule has 0 spiro atoms. The normalized spacial score (nSPS) is 14.9. The van der Waals surface area contributed by atoms with E-state index in [4.69, 9.17) is 13.9 Å². The Morgan fingerprint density at radius 3 is 2.33 bits per heavy atom. The lowest BCUT2D eigenvalue weighted by molar-refractivity contribution is 0.0754. The number of sulfonamides is 1. The van der Waals surface area contributed by atoms with Gasteiger partial charge in [0.05, 0.1) is 24.1 Å². The summed E-state index contributed by atoms with van der Waals surface area (Å²) in [6.45, 7) is 4.05. The highest BCUT2D eigenvalue weighted by molar-refractivity contribution is 7.89. The summed E-state index contributed by atoms with van der Waals surface area (Å²) in [7, 11) is -3.62. The van der Waals surface area contributed by atoms with Crippen molar-refractivity contribution in [3.05, 3.63) is 82.4 Å². The Bertz CT molecular complexity index is 1210. The highest BCUT2D eigenvalue weighted by atomic mass is 32.2. The summed E-state index contributed by atoms with van der Waals surface area (Å²) in [6, 6.07) is 16.8. The molecule has 0 unspecified atom stereocenters. The summed E-state index contributed by atoms with van der Waals surface area (Å²) < 4.78 is 43.3. The van der Waals surface area contributed by atoms with Crippen molar-refractivity contribution in [3.8, 4) is 17.2 Å². The summed E-state index contributed by atoms with van der Waals surface area (Å²) in [5.74, 6) is 2.07. The number of benzene rings is 2. The molecule has 0 atom stereocenters. The molecule has 2 aromatic carbocycles. The Balaban J connectivity index is 1.39. The van der Waals surface area contributed by atoms with Crippen LogP contribution >= 0.6 is 0 Å². The predicted molar refractivity (Wildman–Crippen MR) is 111 cm³/mol. The van der Waals surface area contributed by atoms with E-state index in [1.807, 2.05) is 31.2 Å². The molecule has 0 radical (unpaired) electrons. The van der Waals surface area contributed by atoms with Crippen molar-refractivity contribution < 1.29 is 22.3 Å². The molecule has 7 nitrogen and oxygen atoms in total. The maximum Gasteiger partial charge on any atom is 0.339 e. The van der Waals surface area contributed by atoms with Gasteiger partial charge in [0.1, 0.15) is 29.1 Å². The fourth-order valence-electron chi connectivity index (χ4n) is 3.15. The molecule has 0 bridgehead atoms. The Hall–Kier alpha value is -3.10. The first-order valence-electron chi connectivity index (χ1n) is 9.43. The van der Waals surface area contributed by atoms with Crippen LogP contribution in [0.2, 0.25) is 0 Å². The summed E-state index contributed by atoms with van der Waals surface area (Å²) >= 11 is 0. The van der Waals surface area contributed by atoms with Gasteiger partial charge in [-0.3, -0.25) is 0 Å². The Morgan fingerprint density at radius 1 is 0.933 bits per heavy atom. The van der Waals surface area contributed by atoms with Gasteiger partial charge in [0.25, 0.3) is 0 Å². The smallest absolute Gasteiger partial charge is 0.339 e. The van der Waals surface area contributed by atoms with Crippen LogP contribution in [0.25, 0.3) is 0 Å². The van der Waals surface area contributed by atoms with Gasteiger partial charge in [-0.15, -0.1) is 0 Å². The van der Waals surface area contributed by atoms with Gasteiger partial charge >= 0.3 is 5.63 Å². The summed E-state index contributed by atoms with van der Waals surface area (Å²) in [5.41, 5.74) is 0.578. The van der Waals surface area contributed by atoms with Gasteiger partial charge in [0.15, 0.2) is 0 Å². The third kappa shape index (κ3) is 4.39. The van der Waals surface area contributed by atoms with Crippen LogP contribution < -0.4 is 15.1 Å². The molecule has 0 saturated carbocycles. The van der Waals surface area contributed by atoms with E-state index in [1.54, 1.807) is 25.1 Å². The molecular weight excluding hydrogens is 406 g/mol. The van der Waals surface area contributed by atoms with Crippen LogP contribution in [0.4, 0.5) is 0 Å². The fraction of sp³-hybridized carbons (Fsp3) is 0.227. The molecule has 156 valence electrons. The van der Waals surface area contributed by atoms with Gasteiger partial charge in [-0.25, -0.2) is 13.2 Å². The summed E-state index contributed by atoms with van der Waals surface area (Å²) in [6.07, 6.45) is -0.315. The summed E-state index contributed by atoms with van der Waals surface area (Å²) in [5, 5.41) is 0. The number of aryl methyl sites for hydroxylation is 2. The highest BCUT2D eigenvalue weighted by Gasteiger charge is 2.38. The van der Waals surface area contributed by atoms with Crippen molar-refractivity contribution >= 4 is 10.0 Å². The molecule has 0 amide bonds. The molecule has 0 N–H and O–H groups in total. The highest BCUT2D eigenvalue weighted by Crippen LogP contribution is 2.28. The third-order valence-electron chi connectivity index (χ3n) is 4.67. The molecule has 4 rings (SSSR count). The molecule has 8 heteroatoms. The average Bonchev–Trinajstić information content (AvgIpc) is 2.64. The quantitative estimate of drug-likeness (QED) is 0.599. The molecule has 1 fully saturated rings. The standard InChI is InChI=1S/C22H21NO6S/c1-15-4-3-5-18(10-15)28-17-6-8-21(9-7-17)30(25,26)23-13-20(14-23)29-19-11-16(2)27-22(24)12-19/h3-12,20H,13-14H2,1-2H3. The second-order valence-electron chi connectivity index (χ2n) is 7.17. The maximum absolute atomic E-state index is 12.8. The lowest BCUT2D eigenvalue weighted by Crippen LogP contribution is -2.55. The maximum atomic E-state index is 12.8. The van der Waals surface area contributed by atoms with Gasteiger partial charge in [-0.05, 0) is 55.8 Å². The number of hydrogen-bond donors (Lipinski definition) is 0.